The second kappa shape index (κ2) is 9.87. The van der Waals surface area contributed by atoms with E-state index in [0.29, 0.717) is 31.0 Å². The van der Waals surface area contributed by atoms with Crippen molar-refractivity contribution >= 4 is 0 Å². The molecule has 200 valence electrons. The molecule has 0 radical (unpaired) electrons. The molecule has 1 aliphatic heterocycles. The van der Waals surface area contributed by atoms with E-state index >= 15 is 0 Å². The molecule has 36 heavy (non-hydrogen) atoms. The van der Waals surface area contributed by atoms with Crippen LogP contribution in [0.4, 0.5) is 0 Å². The van der Waals surface area contributed by atoms with Gasteiger partial charge in [-0.15, -0.1) is 0 Å². The highest BCUT2D eigenvalue weighted by atomic mass is 16.5. The van der Waals surface area contributed by atoms with Crippen LogP contribution in [0.1, 0.15) is 89.5 Å². The summed E-state index contributed by atoms with van der Waals surface area (Å²) >= 11 is 0. The van der Waals surface area contributed by atoms with Crippen molar-refractivity contribution in [3.63, 3.8) is 0 Å². The van der Waals surface area contributed by atoms with Crippen LogP contribution in [0.5, 0.6) is 0 Å². The number of rotatable bonds is 8. The Bertz CT molecular complexity index is 923. The molecule has 6 rings (SSSR count). The molecule has 3 saturated carbocycles. The molecule has 5 nitrogen and oxygen atoms in total. The van der Waals surface area contributed by atoms with Crippen molar-refractivity contribution in [1.82, 2.24) is 4.90 Å². The van der Waals surface area contributed by atoms with Gasteiger partial charge in [0, 0.05) is 12.0 Å². The maximum Gasteiger partial charge on any atom is 0.0937 e. The Balaban J connectivity index is 1.07. The molecule has 0 spiro atoms. The van der Waals surface area contributed by atoms with E-state index in [2.05, 4.69) is 30.9 Å². The largest absolute Gasteiger partial charge is 0.472 e. The molecule has 1 aromatic heterocycles. The van der Waals surface area contributed by atoms with Gasteiger partial charge in [0.05, 0.1) is 44.1 Å². The summed E-state index contributed by atoms with van der Waals surface area (Å²) in [5, 5.41) is 12.4. The Hall–Kier alpha value is -1.14. The molecule has 0 bridgehead atoms. The molecule has 1 saturated heterocycles. The fraction of sp³-hybridized carbons (Fsp3) is 0.806. The topological polar surface area (TPSA) is 55.1 Å². The number of ether oxygens (including phenoxy) is 2. The summed E-state index contributed by atoms with van der Waals surface area (Å²) in [6.45, 7) is 10.6. The first-order chi connectivity index (χ1) is 17.4. The van der Waals surface area contributed by atoms with Crippen LogP contribution in [-0.4, -0.2) is 61.2 Å². The fourth-order valence-electron chi connectivity index (χ4n) is 9.37. The van der Waals surface area contributed by atoms with E-state index in [9.17, 15) is 5.11 Å². The van der Waals surface area contributed by atoms with Gasteiger partial charge in [-0.05, 0) is 112 Å². The average Bonchev–Trinajstić information content (AvgIpc) is 3.62. The molecule has 1 N–H and O–H groups in total. The lowest BCUT2D eigenvalue weighted by molar-refractivity contribution is -0.178. The predicted octanol–water partition coefficient (Wildman–Crippen LogP) is 5.94. The number of hydrogen-bond donors (Lipinski definition) is 1. The molecule has 0 aromatic carbocycles. The van der Waals surface area contributed by atoms with Gasteiger partial charge in [-0.3, -0.25) is 0 Å². The summed E-state index contributed by atoms with van der Waals surface area (Å²) in [7, 11) is 0. The Labute approximate surface area is 217 Å². The highest BCUT2D eigenvalue weighted by Gasteiger charge is 2.66. The van der Waals surface area contributed by atoms with Crippen LogP contribution in [0.3, 0.4) is 0 Å². The second-order valence-electron chi connectivity index (χ2n) is 13.0. The van der Waals surface area contributed by atoms with Crippen molar-refractivity contribution in [2.24, 2.45) is 22.7 Å². The van der Waals surface area contributed by atoms with Gasteiger partial charge in [0.25, 0.3) is 0 Å². The van der Waals surface area contributed by atoms with E-state index in [4.69, 9.17) is 13.9 Å². The number of fused-ring (bicyclic) bond motifs is 5. The molecule has 5 aliphatic rings. The van der Waals surface area contributed by atoms with E-state index in [-0.39, 0.29) is 16.9 Å². The standard InChI is InChI=1S/C31H47NO4/c1-29-11-7-25(36-20-19-34-18-16-32-14-3-4-15-32)21-24(29)5-6-28-27(29)8-12-30(2)26(9-13-31(28,30)33)23-10-17-35-22-23/h10,17,21-22,25-28,33H,3-9,11-16,18-20H2,1-2H3/t25-,26+,27-,28+,29-,30+,31-/m0/s1. The lowest BCUT2D eigenvalue weighted by Crippen LogP contribution is -2.60. The number of likely N-dealkylation sites (tertiary alicyclic amines) is 1. The normalized spacial score (nSPS) is 42.6. The van der Waals surface area contributed by atoms with Gasteiger partial charge >= 0.3 is 0 Å². The molecule has 1 aromatic rings. The van der Waals surface area contributed by atoms with Gasteiger partial charge in [-0.1, -0.05) is 25.5 Å². The van der Waals surface area contributed by atoms with Crippen molar-refractivity contribution in [2.45, 2.75) is 95.7 Å². The summed E-state index contributed by atoms with van der Waals surface area (Å²) in [4.78, 5) is 2.50. The van der Waals surface area contributed by atoms with Crippen LogP contribution in [0.2, 0.25) is 0 Å². The lowest BCUT2D eigenvalue weighted by atomic mass is 9.45. The van der Waals surface area contributed by atoms with Crippen molar-refractivity contribution < 1.29 is 19.0 Å². The third-order valence-corrected chi connectivity index (χ3v) is 11.5. The van der Waals surface area contributed by atoms with Crippen molar-refractivity contribution in [1.29, 1.82) is 0 Å². The highest BCUT2D eigenvalue weighted by Crippen LogP contribution is 2.70. The summed E-state index contributed by atoms with van der Waals surface area (Å²) in [6, 6.07) is 2.12. The minimum Gasteiger partial charge on any atom is -0.472 e. The van der Waals surface area contributed by atoms with Gasteiger partial charge in [-0.25, -0.2) is 0 Å². The molecule has 7 atom stereocenters. The monoisotopic (exact) mass is 497 g/mol. The Morgan fingerprint density at radius 2 is 1.86 bits per heavy atom. The molecule has 4 aliphatic carbocycles. The van der Waals surface area contributed by atoms with Crippen molar-refractivity contribution in [2.75, 3.05) is 39.5 Å². The van der Waals surface area contributed by atoms with Gasteiger partial charge < -0.3 is 23.9 Å². The summed E-state index contributed by atoms with van der Waals surface area (Å²) in [5.41, 5.74) is 2.48. The summed E-state index contributed by atoms with van der Waals surface area (Å²) in [6.07, 6.45) is 17.9. The number of aliphatic hydroxyl groups is 1. The molecule has 0 amide bonds. The number of nitrogens with zero attached hydrogens (tertiary/aromatic N) is 1. The molecule has 4 fully saturated rings. The van der Waals surface area contributed by atoms with Gasteiger partial charge in [0.2, 0.25) is 0 Å². The third kappa shape index (κ3) is 4.13. The van der Waals surface area contributed by atoms with E-state index in [1.54, 1.807) is 11.8 Å². The Morgan fingerprint density at radius 3 is 2.67 bits per heavy atom. The van der Waals surface area contributed by atoms with E-state index in [0.717, 1.165) is 51.7 Å². The SMILES string of the molecule is C[C@]12CC[C@H](OCCOCCN3CCCC3)C=C1CC[C@@H]1[C@@H]2CC[C@]2(C)[C@@H](c3ccoc3)CC[C@]12O. The minimum absolute atomic E-state index is 0.0509. The summed E-state index contributed by atoms with van der Waals surface area (Å²) in [5.74, 6) is 1.39. The zero-order valence-corrected chi connectivity index (χ0v) is 22.6. The van der Waals surface area contributed by atoms with Crippen LogP contribution in [0, 0.1) is 22.7 Å². The van der Waals surface area contributed by atoms with E-state index in [1.807, 2.05) is 6.26 Å². The maximum atomic E-state index is 12.4. The van der Waals surface area contributed by atoms with Crippen LogP contribution in [-0.2, 0) is 9.47 Å². The van der Waals surface area contributed by atoms with Gasteiger partial charge in [0.15, 0.2) is 0 Å². The highest BCUT2D eigenvalue weighted by molar-refractivity contribution is 5.31. The molecule has 0 unspecified atom stereocenters. The fourth-order valence-corrected chi connectivity index (χ4v) is 9.37. The van der Waals surface area contributed by atoms with Crippen molar-refractivity contribution in [3.05, 3.63) is 35.8 Å². The zero-order chi connectivity index (χ0) is 24.8. The van der Waals surface area contributed by atoms with Gasteiger partial charge in [-0.2, -0.15) is 0 Å². The summed E-state index contributed by atoms with van der Waals surface area (Å²) < 4.78 is 17.6. The first-order valence-electron chi connectivity index (χ1n) is 14.8. The number of hydrogen-bond acceptors (Lipinski definition) is 5. The zero-order valence-electron chi connectivity index (χ0n) is 22.6. The molecular weight excluding hydrogens is 450 g/mol. The van der Waals surface area contributed by atoms with E-state index in [1.165, 1.54) is 44.3 Å². The first-order valence-corrected chi connectivity index (χ1v) is 14.8. The van der Waals surface area contributed by atoms with Crippen LogP contribution in [0.25, 0.3) is 0 Å². The first kappa shape index (κ1) is 25.2. The molecule has 2 heterocycles. The van der Waals surface area contributed by atoms with Crippen LogP contribution < -0.4 is 0 Å². The Kier molecular flexibility index (Phi) is 6.90. The third-order valence-electron chi connectivity index (χ3n) is 11.5. The Morgan fingerprint density at radius 1 is 1.00 bits per heavy atom. The van der Waals surface area contributed by atoms with Crippen LogP contribution >= 0.6 is 0 Å². The lowest BCUT2D eigenvalue weighted by Gasteiger charge is -2.61. The van der Waals surface area contributed by atoms with E-state index < -0.39 is 5.60 Å². The number of furan rings is 1. The molecular formula is C31H47NO4. The smallest absolute Gasteiger partial charge is 0.0937 e. The quantitative estimate of drug-likeness (QED) is 0.356. The molecule has 5 heteroatoms. The number of allylic oxidation sites excluding steroid dienone is 1. The average molecular weight is 498 g/mol. The van der Waals surface area contributed by atoms with Crippen molar-refractivity contribution in [3.8, 4) is 0 Å². The predicted molar refractivity (Wildman–Crippen MR) is 141 cm³/mol. The maximum absolute atomic E-state index is 12.4. The van der Waals surface area contributed by atoms with Gasteiger partial charge in [0.1, 0.15) is 0 Å². The second-order valence-corrected chi connectivity index (χ2v) is 13.0. The van der Waals surface area contributed by atoms with Crippen LogP contribution in [0.15, 0.2) is 34.7 Å². The minimum atomic E-state index is -0.563.